The summed E-state index contributed by atoms with van der Waals surface area (Å²) in [5, 5.41) is 3.39. The second kappa shape index (κ2) is 6.06. The van der Waals surface area contributed by atoms with Gasteiger partial charge in [-0.1, -0.05) is 6.07 Å². The zero-order valence-corrected chi connectivity index (χ0v) is 13.0. The SMILES string of the molecule is Cc1cc(C)c(C)c(C(C)OC2CCNCC2)c1C. The summed E-state index contributed by atoms with van der Waals surface area (Å²) in [7, 11) is 0. The number of benzene rings is 1. The number of piperidine rings is 1. The number of hydrogen-bond acceptors (Lipinski definition) is 2. The van der Waals surface area contributed by atoms with E-state index in [9.17, 15) is 0 Å². The maximum absolute atomic E-state index is 6.31. The van der Waals surface area contributed by atoms with Gasteiger partial charge in [-0.15, -0.1) is 0 Å². The van der Waals surface area contributed by atoms with Gasteiger partial charge in [-0.05, 0) is 88.4 Å². The maximum Gasteiger partial charge on any atom is 0.0805 e. The molecule has 0 saturated carbocycles. The third kappa shape index (κ3) is 3.18. The fraction of sp³-hybridized carbons (Fsp3) is 0.647. The fourth-order valence-electron chi connectivity index (χ4n) is 3.15. The minimum Gasteiger partial charge on any atom is -0.370 e. The Morgan fingerprint density at radius 3 is 2.11 bits per heavy atom. The van der Waals surface area contributed by atoms with Crippen molar-refractivity contribution in [3.05, 3.63) is 33.9 Å². The number of ether oxygens (including phenoxy) is 1. The Morgan fingerprint density at radius 2 is 1.58 bits per heavy atom. The fourth-order valence-corrected chi connectivity index (χ4v) is 3.15. The number of aryl methyl sites for hydroxylation is 2. The van der Waals surface area contributed by atoms with E-state index in [-0.39, 0.29) is 6.10 Å². The molecule has 0 aromatic heterocycles. The minimum absolute atomic E-state index is 0.196. The summed E-state index contributed by atoms with van der Waals surface area (Å²) in [5.74, 6) is 0. The lowest BCUT2D eigenvalue weighted by Crippen LogP contribution is -2.33. The lowest BCUT2D eigenvalue weighted by Gasteiger charge is -2.29. The quantitative estimate of drug-likeness (QED) is 0.894. The van der Waals surface area contributed by atoms with Crippen LogP contribution >= 0.6 is 0 Å². The highest BCUT2D eigenvalue weighted by molar-refractivity contribution is 5.45. The van der Waals surface area contributed by atoms with E-state index in [0.29, 0.717) is 6.10 Å². The predicted molar refractivity (Wildman–Crippen MR) is 80.8 cm³/mol. The van der Waals surface area contributed by atoms with Gasteiger partial charge in [-0.25, -0.2) is 0 Å². The molecule has 1 saturated heterocycles. The van der Waals surface area contributed by atoms with E-state index in [1.807, 2.05) is 0 Å². The second-order valence-corrected chi connectivity index (χ2v) is 5.90. The Labute approximate surface area is 117 Å². The second-order valence-electron chi connectivity index (χ2n) is 5.90. The highest BCUT2D eigenvalue weighted by Gasteiger charge is 2.20. The van der Waals surface area contributed by atoms with Gasteiger partial charge in [0.15, 0.2) is 0 Å². The van der Waals surface area contributed by atoms with E-state index in [1.54, 1.807) is 0 Å². The van der Waals surface area contributed by atoms with Gasteiger partial charge in [0, 0.05) is 0 Å². The summed E-state index contributed by atoms with van der Waals surface area (Å²) in [4.78, 5) is 0. The van der Waals surface area contributed by atoms with Crippen molar-refractivity contribution in [1.82, 2.24) is 5.32 Å². The molecule has 0 spiro atoms. The van der Waals surface area contributed by atoms with Gasteiger partial charge >= 0.3 is 0 Å². The summed E-state index contributed by atoms with van der Waals surface area (Å²) < 4.78 is 6.31. The number of nitrogens with one attached hydrogen (secondary N) is 1. The van der Waals surface area contributed by atoms with Gasteiger partial charge in [0.1, 0.15) is 0 Å². The molecule has 2 rings (SSSR count). The molecule has 0 bridgehead atoms. The van der Waals surface area contributed by atoms with E-state index in [0.717, 1.165) is 25.9 Å². The van der Waals surface area contributed by atoms with Crippen molar-refractivity contribution >= 4 is 0 Å². The van der Waals surface area contributed by atoms with Gasteiger partial charge in [-0.3, -0.25) is 0 Å². The normalized spacial score (nSPS) is 18.6. The molecular formula is C17H27NO. The standard InChI is InChI=1S/C17H27NO/c1-11-10-12(2)14(4)17(13(11)3)15(5)19-16-6-8-18-9-7-16/h10,15-16,18H,6-9H2,1-5H3. The predicted octanol–water partition coefficient (Wildman–Crippen LogP) is 3.75. The number of rotatable bonds is 3. The van der Waals surface area contributed by atoms with Crippen LogP contribution in [-0.4, -0.2) is 19.2 Å². The summed E-state index contributed by atoms with van der Waals surface area (Å²) in [5.41, 5.74) is 6.93. The molecule has 1 unspecified atom stereocenters. The van der Waals surface area contributed by atoms with Crippen molar-refractivity contribution in [2.24, 2.45) is 0 Å². The first-order chi connectivity index (χ1) is 9.00. The summed E-state index contributed by atoms with van der Waals surface area (Å²) in [6.07, 6.45) is 2.87. The van der Waals surface area contributed by atoms with Crippen molar-refractivity contribution in [3.8, 4) is 0 Å². The monoisotopic (exact) mass is 261 g/mol. The van der Waals surface area contributed by atoms with Crippen LogP contribution in [-0.2, 0) is 4.74 Å². The molecule has 1 aliphatic heterocycles. The third-order valence-electron chi connectivity index (χ3n) is 4.51. The Bertz CT molecular complexity index is 421. The van der Waals surface area contributed by atoms with Crippen molar-refractivity contribution in [1.29, 1.82) is 0 Å². The highest BCUT2D eigenvalue weighted by atomic mass is 16.5. The largest absolute Gasteiger partial charge is 0.370 e. The number of hydrogen-bond donors (Lipinski definition) is 1. The summed E-state index contributed by atoms with van der Waals surface area (Å²) in [6, 6.07) is 2.28. The van der Waals surface area contributed by atoms with Crippen LogP contribution in [0.3, 0.4) is 0 Å². The van der Waals surface area contributed by atoms with E-state index < -0.39 is 0 Å². The Hall–Kier alpha value is -0.860. The third-order valence-corrected chi connectivity index (χ3v) is 4.51. The molecule has 19 heavy (non-hydrogen) atoms. The van der Waals surface area contributed by atoms with E-state index in [4.69, 9.17) is 4.74 Å². The maximum atomic E-state index is 6.31. The first-order valence-corrected chi connectivity index (χ1v) is 7.44. The lowest BCUT2D eigenvalue weighted by atomic mass is 9.91. The van der Waals surface area contributed by atoms with Crippen LogP contribution in [0.4, 0.5) is 0 Å². The molecule has 0 radical (unpaired) electrons. The first-order valence-electron chi connectivity index (χ1n) is 7.44. The van der Waals surface area contributed by atoms with Crippen LogP contribution in [0.5, 0.6) is 0 Å². The topological polar surface area (TPSA) is 21.3 Å². The van der Waals surface area contributed by atoms with Gasteiger partial charge in [0.05, 0.1) is 12.2 Å². The molecule has 1 aromatic carbocycles. The molecule has 0 amide bonds. The highest BCUT2D eigenvalue weighted by Crippen LogP contribution is 2.31. The van der Waals surface area contributed by atoms with Crippen molar-refractivity contribution in [3.63, 3.8) is 0 Å². The molecule has 1 atom stereocenters. The Morgan fingerprint density at radius 1 is 1.05 bits per heavy atom. The van der Waals surface area contributed by atoms with Crippen molar-refractivity contribution < 1.29 is 4.74 Å². The lowest BCUT2D eigenvalue weighted by molar-refractivity contribution is -0.0192. The van der Waals surface area contributed by atoms with Gasteiger partial charge in [-0.2, -0.15) is 0 Å². The molecule has 1 aliphatic rings. The molecule has 2 nitrogen and oxygen atoms in total. The van der Waals surface area contributed by atoms with E-state index >= 15 is 0 Å². The van der Waals surface area contributed by atoms with Crippen LogP contribution in [0.2, 0.25) is 0 Å². The molecule has 1 fully saturated rings. The summed E-state index contributed by atoms with van der Waals surface area (Å²) in [6.45, 7) is 13.2. The van der Waals surface area contributed by atoms with Crippen molar-refractivity contribution in [2.45, 2.75) is 59.7 Å². The zero-order valence-electron chi connectivity index (χ0n) is 13.0. The van der Waals surface area contributed by atoms with E-state index in [2.05, 4.69) is 46.0 Å². The molecule has 1 heterocycles. The molecule has 1 aromatic rings. The van der Waals surface area contributed by atoms with E-state index in [1.165, 1.54) is 27.8 Å². The average Bonchev–Trinajstić information content (AvgIpc) is 2.38. The zero-order chi connectivity index (χ0) is 14.0. The average molecular weight is 261 g/mol. The Kier molecular flexibility index (Phi) is 4.64. The molecular weight excluding hydrogens is 234 g/mol. The minimum atomic E-state index is 0.196. The van der Waals surface area contributed by atoms with Crippen molar-refractivity contribution in [2.75, 3.05) is 13.1 Å². The van der Waals surface area contributed by atoms with Gasteiger partial charge < -0.3 is 10.1 Å². The molecule has 2 heteroatoms. The molecule has 0 aliphatic carbocycles. The molecule has 106 valence electrons. The molecule has 1 N–H and O–H groups in total. The Balaban J connectivity index is 2.20. The smallest absolute Gasteiger partial charge is 0.0805 e. The summed E-state index contributed by atoms with van der Waals surface area (Å²) >= 11 is 0. The first kappa shape index (κ1) is 14.5. The van der Waals surface area contributed by atoms with Crippen LogP contribution in [0, 0.1) is 27.7 Å². The van der Waals surface area contributed by atoms with Crippen LogP contribution in [0.1, 0.15) is 53.7 Å². The van der Waals surface area contributed by atoms with Gasteiger partial charge in [0.2, 0.25) is 0 Å². The van der Waals surface area contributed by atoms with Crippen LogP contribution in [0.25, 0.3) is 0 Å². The van der Waals surface area contributed by atoms with Gasteiger partial charge in [0.25, 0.3) is 0 Å². The van der Waals surface area contributed by atoms with Crippen LogP contribution < -0.4 is 5.32 Å². The van der Waals surface area contributed by atoms with Crippen LogP contribution in [0.15, 0.2) is 6.07 Å².